The average Bonchev–Trinajstić information content (AvgIpc) is 2.60. The zero-order valence-electron chi connectivity index (χ0n) is 9.37. The number of hydrogen-bond acceptors (Lipinski definition) is 1. The minimum atomic E-state index is -4.41. The van der Waals surface area contributed by atoms with Gasteiger partial charge in [0.1, 0.15) is 11.4 Å². The van der Waals surface area contributed by atoms with Gasteiger partial charge in [-0.05, 0) is 36.6 Å². The molecule has 0 fully saturated rings. The van der Waals surface area contributed by atoms with Gasteiger partial charge in [0.25, 0.3) is 0 Å². The number of nitrogens with one attached hydrogen (secondary N) is 1. The van der Waals surface area contributed by atoms with Crippen molar-refractivity contribution in [2.45, 2.75) is 31.5 Å². The summed E-state index contributed by atoms with van der Waals surface area (Å²) in [6.45, 7) is 1.81. The second-order valence-corrected chi connectivity index (χ2v) is 4.20. The van der Waals surface area contributed by atoms with Crippen molar-refractivity contribution in [1.82, 2.24) is 5.32 Å². The summed E-state index contributed by atoms with van der Waals surface area (Å²) < 4.78 is 53.2. The summed E-state index contributed by atoms with van der Waals surface area (Å²) in [5.41, 5.74) is -1.86. The van der Waals surface area contributed by atoms with E-state index in [-0.39, 0.29) is 30.5 Å². The molecule has 0 spiro atoms. The molecule has 17 heavy (non-hydrogen) atoms. The van der Waals surface area contributed by atoms with Crippen LogP contribution in [0.15, 0.2) is 18.2 Å². The van der Waals surface area contributed by atoms with E-state index in [4.69, 9.17) is 0 Å². The Balaban J connectivity index is 2.57. The summed E-state index contributed by atoms with van der Waals surface area (Å²) in [5.74, 6) is -0.550. The van der Waals surface area contributed by atoms with Crippen LogP contribution in [-0.2, 0) is 12.0 Å². The first-order chi connectivity index (χ1) is 7.92. The van der Waals surface area contributed by atoms with Crippen LogP contribution in [0.2, 0.25) is 0 Å². The molecular weight excluding hydrogens is 234 g/mol. The van der Waals surface area contributed by atoms with Crippen LogP contribution >= 0.6 is 0 Å². The fourth-order valence-corrected chi connectivity index (χ4v) is 2.54. The molecule has 0 aromatic heterocycles. The van der Waals surface area contributed by atoms with E-state index in [9.17, 15) is 17.6 Å². The largest absolute Gasteiger partial charge is 0.410 e. The Labute approximate surface area is 96.8 Å². The molecule has 5 heteroatoms. The zero-order chi connectivity index (χ0) is 12.7. The van der Waals surface area contributed by atoms with Gasteiger partial charge < -0.3 is 5.32 Å². The molecule has 0 radical (unpaired) electrons. The Hall–Kier alpha value is -1.10. The van der Waals surface area contributed by atoms with E-state index >= 15 is 0 Å². The van der Waals surface area contributed by atoms with Crippen molar-refractivity contribution < 1.29 is 17.6 Å². The molecule has 1 aliphatic carbocycles. The Morgan fingerprint density at radius 3 is 2.65 bits per heavy atom. The molecule has 2 rings (SSSR count). The molecule has 0 amide bonds. The third-order valence-electron chi connectivity index (χ3n) is 3.29. The average molecular weight is 247 g/mol. The predicted octanol–water partition coefficient (Wildman–Crippen LogP) is 3.14. The maximum Gasteiger partial charge on any atom is 0.410 e. The molecule has 0 bridgehead atoms. The molecule has 1 aromatic rings. The highest BCUT2D eigenvalue weighted by Gasteiger charge is 2.58. The predicted molar refractivity (Wildman–Crippen MR) is 56.1 cm³/mol. The molecule has 0 saturated carbocycles. The van der Waals surface area contributed by atoms with E-state index in [0.29, 0.717) is 0 Å². The van der Waals surface area contributed by atoms with Crippen molar-refractivity contribution in [2.24, 2.45) is 0 Å². The number of halogens is 4. The summed E-state index contributed by atoms with van der Waals surface area (Å²) in [5, 5.41) is 2.49. The Morgan fingerprint density at radius 1 is 1.35 bits per heavy atom. The topological polar surface area (TPSA) is 12.0 Å². The van der Waals surface area contributed by atoms with Gasteiger partial charge in [-0.2, -0.15) is 13.2 Å². The number of hydrogen-bond donors (Lipinski definition) is 1. The van der Waals surface area contributed by atoms with Crippen LogP contribution in [0.25, 0.3) is 0 Å². The molecular formula is C12H13F4N. The molecule has 1 unspecified atom stereocenters. The van der Waals surface area contributed by atoms with Crippen molar-refractivity contribution in [2.75, 3.05) is 6.54 Å². The van der Waals surface area contributed by atoms with Gasteiger partial charge in [-0.3, -0.25) is 0 Å². The lowest BCUT2D eigenvalue weighted by Gasteiger charge is -2.33. The second-order valence-electron chi connectivity index (χ2n) is 4.20. The van der Waals surface area contributed by atoms with E-state index in [1.807, 2.05) is 0 Å². The summed E-state index contributed by atoms with van der Waals surface area (Å²) in [6, 6.07) is 3.90. The molecule has 0 saturated heterocycles. The van der Waals surface area contributed by atoms with E-state index < -0.39 is 17.5 Å². The van der Waals surface area contributed by atoms with Gasteiger partial charge >= 0.3 is 6.18 Å². The van der Waals surface area contributed by atoms with Crippen LogP contribution < -0.4 is 5.32 Å². The highest BCUT2D eigenvalue weighted by molar-refractivity contribution is 5.41. The molecule has 1 atom stereocenters. The highest BCUT2D eigenvalue weighted by Crippen LogP contribution is 2.48. The normalized spacial score (nSPS) is 23.8. The number of alkyl halides is 3. The maximum absolute atomic E-state index is 13.5. The quantitative estimate of drug-likeness (QED) is 0.792. The first-order valence-electron chi connectivity index (χ1n) is 5.52. The first kappa shape index (κ1) is 12.4. The lowest BCUT2D eigenvalue weighted by Crippen LogP contribution is -2.52. The summed E-state index contributed by atoms with van der Waals surface area (Å²) in [6.07, 6.45) is -4.43. The Morgan fingerprint density at radius 2 is 2.06 bits per heavy atom. The van der Waals surface area contributed by atoms with E-state index in [1.54, 1.807) is 6.92 Å². The number of rotatable bonds is 2. The zero-order valence-corrected chi connectivity index (χ0v) is 9.37. The molecule has 1 nitrogen and oxygen atoms in total. The third-order valence-corrected chi connectivity index (χ3v) is 3.29. The van der Waals surface area contributed by atoms with Crippen LogP contribution in [-0.4, -0.2) is 12.7 Å². The fourth-order valence-electron chi connectivity index (χ4n) is 2.54. The van der Waals surface area contributed by atoms with Gasteiger partial charge in [-0.1, -0.05) is 19.1 Å². The molecule has 1 aliphatic rings. The van der Waals surface area contributed by atoms with Gasteiger partial charge in [0.15, 0.2) is 0 Å². The minimum Gasteiger partial charge on any atom is -0.300 e. The summed E-state index contributed by atoms with van der Waals surface area (Å²) in [4.78, 5) is 0. The lowest BCUT2D eigenvalue weighted by molar-refractivity contribution is -0.200. The molecule has 0 heterocycles. The first-order valence-corrected chi connectivity index (χ1v) is 5.52. The molecule has 1 N–H and O–H groups in total. The SMILES string of the molecule is CCNC1(C(F)(F)F)CCc2c(F)cccc21. The highest BCUT2D eigenvalue weighted by atomic mass is 19.4. The van der Waals surface area contributed by atoms with E-state index in [1.165, 1.54) is 18.2 Å². The standard InChI is InChI=1S/C12H13F4N/c1-2-17-11(12(14,15)16)7-6-8-9(11)4-3-5-10(8)13/h3-5,17H,2,6-7H2,1H3. The second kappa shape index (κ2) is 3.98. The third kappa shape index (κ3) is 1.73. The number of fused-ring (bicyclic) bond motifs is 1. The molecule has 94 valence electrons. The lowest BCUT2D eigenvalue weighted by atomic mass is 9.91. The van der Waals surface area contributed by atoms with Crippen molar-refractivity contribution in [3.63, 3.8) is 0 Å². The van der Waals surface area contributed by atoms with Crippen LogP contribution in [0, 0.1) is 5.82 Å². The van der Waals surface area contributed by atoms with Crippen molar-refractivity contribution >= 4 is 0 Å². The fraction of sp³-hybridized carbons (Fsp3) is 0.500. The van der Waals surface area contributed by atoms with Gasteiger partial charge in [0.2, 0.25) is 0 Å². The van der Waals surface area contributed by atoms with Gasteiger partial charge in [0.05, 0.1) is 0 Å². The molecule has 0 aliphatic heterocycles. The van der Waals surface area contributed by atoms with Crippen molar-refractivity contribution in [3.05, 3.63) is 35.1 Å². The Kier molecular flexibility index (Phi) is 2.89. The maximum atomic E-state index is 13.5. The van der Waals surface area contributed by atoms with Crippen molar-refractivity contribution in [3.8, 4) is 0 Å². The summed E-state index contributed by atoms with van der Waals surface area (Å²) >= 11 is 0. The number of benzene rings is 1. The Bertz CT molecular complexity index is 427. The van der Waals surface area contributed by atoms with Crippen LogP contribution in [0.5, 0.6) is 0 Å². The smallest absolute Gasteiger partial charge is 0.300 e. The monoisotopic (exact) mass is 247 g/mol. The van der Waals surface area contributed by atoms with E-state index in [2.05, 4.69) is 5.32 Å². The summed E-state index contributed by atoms with van der Waals surface area (Å²) in [7, 11) is 0. The van der Waals surface area contributed by atoms with Gasteiger partial charge in [-0.15, -0.1) is 0 Å². The van der Waals surface area contributed by atoms with Crippen LogP contribution in [0.3, 0.4) is 0 Å². The van der Waals surface area contributed by atoms with Crippen molar-refractivity contribution in [1.29, 1.82) is 0 Å². The van der Waals surface area contributed by atoms with Gasteiger partial charge in [-0.25, -0.2) is 4.39 Å². The minimum absolute atomic E-state index is 0.0341. The van der Waals surface area contributed by atoms with Crippen LogP contribution in [0.1, 0.15) is 24.5 Å². The van der Waals surface area contributed by atoms with Crippen LogP contribution in [0.4, 0.5) is 17.6 Å². The van der Waals surface area contributed by atoms with E-state index in [0.717, 1.165) is 0 Å². The van der Waals surface area contributed by atoms with Gasteiger partial charge in [0, 0.05) is 0 Å². The molecule has 1 aromatic carbocycles.